The third kappa shape index (κ3) is 5.72. The Morgan fingerprint density at radius 2 is 1.40 bits per heavy atom. The molecule has 0 fully saturated rings. The van der Waals surface area contributed by atoms with E-state index in [-0.39, 0.29) is 24.9 Å². The van der Waals surface area contributed by atoms with Gasteiger partial charge in [0.2, 0.25) is 11.8 Å². The molecule has 0 aliphatic carbocycles. The Hall–Kier alpha value is -2.66. The fourth-order valence-corrected chi connectivity index (χ4v) is 2.59. The normalized spacial score (nSPS) is 10.6. The SMILES string of the molecule is CCc1ccccc1NC(=O)CN(C)CC(=O)Nc1ccccc1C. The van der Waals surface area contributed by atoms with Crippen molar-refractivity contribution in [3.8, 4) is 0 Å². The van der Waals surface area contributed by atoms with E-state index < -0.39 is 0 Å². The van der Waals surface area contributed by atoms with Gasteiger partial charge in [0.05, 0.1) is 13.1 Å². The molecule has 2 aromatic rings. The van der Waals surface area contributed by atoms with Crippen LogP contribution in [0.1, 0.15) is 18.1 Å². The standard InChI is InChI=1S/C20H25N3O2/c1-4-16-10-6-8-12-18(16)22-20(25)14-23(3)13-19(24)21-17-11-7-5-9-15(17)2/h5-12H,4,13-14H2,1-3H3,(H,21,24)(H,22,25). The monoisotopic (exact) mass is 339 g/mol. The van der Waals surface area contributed by atoms with Crippen LogP contribution in [-0.2, 0) is 16.0 Å². The second kappa shape index (κ2) is 8.99. The maximum absolute atomic E-state index is 12.2. The summed E-state index contributed by atoms with van der Waals surface area (Å²) < 4.78 is 0. The minimum Gasteiger partial charge on any atom is -0.325 e. The number of nitrogens with one attached hydrogen (secondary N) is 2. The highest BCUT2D eigenvalue weighted by Crippen LogP contribution is 2.15. The van der Waals surface area contributed by atoms with Crippen LogP contribution >= 0.6 is 0 Å². The largest absolute Gasteiger partial charge is 0.325 e. The van der Waals surface area contributed by atoms with Gasteiger partial charge in [-0.3, -0.25) is 14.5 Å². The molecule has 2 amide bonds. The Morgan fingerprint density at radius 3 is 2.00 bits per heavy atom. The van der Waals surface area contributed by atoms with Crippen molar-refractivity contribution in [2.75, 3.05) is 30.8 Å². The zero-order chi connectivity index (χ0) is 18.2. The van der Waals surface area contributed by atoms with Crippen molar-refractivity contribution in [1.82, 2.24) is 4.90 Å². The lowest BCUT2D eigenvalue weighted by atomic mass is 10.1. The number of anilines is 2. The van der Waals surface area contributed by atoms with Gasteiger partial charge < -0.3 is 10.6 Å². The number of para-hydroxylation sites is 2. The number of likely N-dealkylation sites (N-methyl/N-ethyl adjacent to an activating group) is 1. The number of carbonyl (C=O) groups is 2. The van der Waals surface area contributed by atoms with Crippen molar-refractivity contribution < 1.29 is 9.59 Å². The Kier molecular flexibility index (Phi) is 6.71. The number of carbonyl (C=O) groups excluding carboxylic acids is 2. The van der Waals surface area contributed by atoms with E-state index in [9.17, 15) is 9.59 Å². The van der Waals surface area contributed by atoms with Gasteiger partial charge in [0.15, 0.2) is 0 Å². The lowest BCUT2D eigenvalue weighted by Crippen LogP contribution is -2.36. The molecular weight excluding hydrogens is 314 g/mol. The third-order valence-corrected chi connectivity index (χ3v) is 3.92. The first-order chi connectivity index (χ1) is 12.0. The molecule has 2 N–H and O–H groups in total. The first-order valence-electron chi connectivity index (χ1n) is 8.41. The summed E-state index contributed by atoms with van der Waals surface area (Å²) in [5.74, 6) is -0.273. The molecule has 5 nitrogen and oxygen atoms in total. The molecule has 0 spiro atoms. The molecule has 2 aromatic carbocycles. The van der Waals surface area contributed by atoms with Crippen LogP contribution < -0.4 is 10.6 Å². The van der Waals surface area contributed by atoms with Crippen LogP contribution in [0.2, 0.25) is 0 Å². The molecule has 0 atom stereocenters. The van der Waals surface area contributed by atoms with Crippen LogP contribution in [0.25, 0.3) is 0 Å². The minimum atomic E-state index is -0.140. The van der Waals surface area contributed by atoms with Crippen molar-refractivity contribution >= 4 is 23.2 Å². The second-order valence-electron chi connectivity index (χ2n) is 6.09. The highest BCUT2D eigenvalue weighted by atomic mass is 16.2. The molecule has 0 radical (unpaired) electrons. The molecule has 132 valence electrons. The van der Waals surface area contributed by atoms with Crippen molar-refractivity contribution in [2.24, 2.45) is 0 Å². The van der Waals surface area contributed by atoms with Crippen molar-refractivity contribution in [2.45, 2.75) is 20.3 Å². The van der Waals surface area contributed by atoms with Gasteiger partial charge in [0.1, 0.15) is 0 Å². The van der Waals surface area contributed by atoms with Crippen molar-refractivity contribution in [3.05, 3.63) is 59.7 Å². The molecule has 0 heterocycles. The summed E-state index contributed by atoms with van der Waals surface area (Å²) in [6, 6.07) is 15.3. The molecular formula is C20H25N3O2. The van der Waals surface area contributed by atoms with Gasteiger partial charge in [-0.1, -0.05) is 43.3 Å². The Balaban J connectivity index is 1.85. The summed E-state index contributed by atoms with van der Waals surface area (Å²) >= 11 is 0. The van der Waals surface area contributed by atoms with E-state index in [1.165, 1.54) is 0 Å². The van der Waals surface area contributed by atoms with Gasteiger partial charge in [0, 0.05) is 11.4 Å². The maximum atomic E-state index is 12.2. The summed E-state index contributed by atoms with van der Waals surface area (Å²) in [5, 5.41) is 5.78. The van der Waals surface area contributed by atoms with E-state index in [1.54, 1.807) is 11.9 Å². The number of hydrogen-bond acceptors (Lipinski definition) is 3. The fraction of sp³-hybridized carbons (Fsp3) is 0.300. The average molecular weight is 339 g/mol. The molecule has 5 heteroatoms. The van der Waals surface area contributed by atoms with Crippen LogP contribution in [-0.4, -0.2) is 36.9 Å². The quantitative estimate of drug-likeness (QED) is 0.815. The first kappa shape index (κ1) is 18.7. The Labute approximate surface area is 149 Å². The van der Waals surface area contributed by atoms with Gasteiger partial charge in [-0.05, 0) is 43.7 Å². The van der Waals surface area contributed by atoms with Gasteiger partial charge in [0.25, 0.3) is 0 Å². The second-order valence-corrected chi connectivity index (χ2v) is 6.09. The summed E-state index contributed by atoms with van der Waals surface area (Å²) in [6.45, 7) is 4.29. The number of benzene rings is 2. The van der Waals surface area contributed by atoms with Crippen molar-refractivity contribution in [1.29, 1.82) is 0 Å². The Bertz CT molecular complexity index is 743. The van der Waals surface area contributed by atoms with E-state index in [0.29, 0.717) is 0 Å². The molecule has 0 aliphatic rings. The lowest BCUT2D eigenvalue weighted by molar-refractivity contribution is -0.119. The average Bonchev–Trinajstić information content (AvgIpc) is 2.57. The number of nitrogens with zero attached hydrogens (tertiary/aromatic N) is 1. The van der Waals surface area contributed by atoms with E-state index >= 15 is 0 Å². The topological polar surface area (TPSA) is 61.4 Å². The van der Waals surface area contributed by atoms with Crippen LogP contribution in [0.5, 0.6) is 0 Å². The highest BCUT2D eigenvalue weighted by molar-refractivity contribution is 5.95. The van der Waals surface area contributed by atoms with Crippen LogP contribution in [0.15, 0.2) is 48.5 Å². The van der Waals surface area contributed by atoms with Crippen LogP contribution in [0, 0.1) is 6.92 Å². The smallest absolute Gasteiger partial charge is 0.238 e. The molecule has 0 saturated heterocycles. The molecule has 0 unspecified atom stereocenters. The predicted octanol–water partition coefficient (Wildman–Crippen LogP) is 3.07. The number of amides is 2. The first-order valence-corrected chi connectivity index (χ1v) is 8.41. The third-order valence-electron chi connectivity index (χ3n) is 3.92. The molecule has 0 aliphatic heterocycles. The molecule has 0 aromatic heterocycles. The van der Waals surface area contributed by atoms with E-state index in [4.69, 9.17) is 0 Å². The molecule has 0 bridgehead atoms. The summed E-state index contributed by atoms with van der Waals surface area (Å²) in [5.41, 5.74) is 3.72. The number of rotatable bonds is 7. The van der Waals surface area contributed by atoms with Gasteiger partial charge in [-0.2, -0.15) is 0 Å². The zero-order valence-electron chi connectivity index (χ0n) is 15.0. The Morgan fingerprint density at radius 1 is 0.880 bits per heavy atom. The van der Waals surface area contributed by atoms with Crippen LogP contribution in [0.3, 0.4) is 0 Å². The lowest BCUT2D eigenvalue weighted by Gasteiger charge is -2.17. The van der Waals surface area contributed by atoms with E-state index in [0.717, 1.165) is 28.9 Å². The predicted molar refractivity (Wildman–Crippen MR) is 102 cm³/mol. The van der Waals surface area contributed by atoms with Gasteiger partial charge in [-0.25, -0.2) is 0 Å². The van der Waals surface area contributed by atoms with Crippen molar-refractivity contribution in [3.63, 3.8) is 0 Å². The minimum absolute atomic E-state index is 0.132. The zero-order valence-corrected chi connectivity index (χ0v) is 15.0. The van der Waals surface area contributed by atoms with Crippen LogP contribution in [0.4, 0.5) is 11.4 Å². The molecule has 0 saturated carbocycles. The molecule has 2 rings (SSSR count). The summed E-state index contributed by atoms with van der Waals surface area (Å²) in [7, 11) is 1.75. The van der Waals surface area contributed by atoms with E-state index in [2.05, 4.69) is 10.6 Å². The highest BCUT2D eigenvalue weighted by Gasteiger charge is 2.12. The summed E-state index contributed by atoms with van der Waals surface area (Å²) in [4.78, 5) is 26.0. The maximum Gasteiger partial charge on any atom is 0.238 e. The number of hydrogen-bond donors (Lipinski definition) is 2. The van der Waals surface area contributed by atoms with Gasteiger partial charge >= 0.3 is 0 Å². The van der Waals surface area contributed by atoms with E-state index in [1.807, 2.05) is 62.4 Å². The summed E-state index contributed by atoms with van der Waals surface area (Å²) in [6.07, 6.45) is 0.852. The van der Waals surface area contributed by atoms with Gasteiger partial charge in [-0.15, -0.1) is 0 Å². The number of aryl methyl sites for hydroxylation is 2. The molecule has 25 heavy (non-hydrogen) atoms. The fourth-order valence-electron chi connectivity index (χ4n) is 2.59.